The summed E-state index contributed by atoms with van der Waals surface area (Å²) < 4.78 is 12.1. The fourth-order valence-electron chi connectivity index (χ4n) is 4.04. The monoisotopic (exact) mass is 405 g/mol. The summed E-state index contributed by atoms with van der Waals surface area (Å²) in [6, 6.07) is 3.97. The van der Waals surface area contributed by atoms with Gasteiger partial charge in [0.25, 0.3) is 0 Å². The van der Waals surface area contributed by atoms with Crippen LogP contribution in [0.2, 0.25) is 0 Å². The molecule has 2 aromatic rings. The Labute approximate surface area is 168 Å². The van der Waals surface area contributed by atoms with E-state index in [1.165, 1.54) is 16.9 Å². The lowest BCUT2D eigenvalue weighted by atomic mass is 9.91. The number of likely N-dealkylation sites (tertiary alicyclic amines) is 1. The van der Waals surface area contributed by atoms with Crippen molar-refractivity contribution in [3.63, 3.8) is 0 Å². The zero-order valence-corrected chi connectivity index (χ0v) is 17.0. The lowest BCUT2D eigenvalue weighted by Gasteiger charge is -2.30. The van der Waals surface area contributed by atoms with Crippen molar-refractivity contribution in [3.8, 4) is 5.75 Å². The van der Waals surface area contributed by atoms with Gasteiger partial charge in [0.1, 0.15) is 11.3 Å². The molecule has 2 aliphatic heterocycles. The summed E-state index contributed by atoms with van der Waals surface area (Å²) in [5.74, 6) is 1.48. The summed E-state index contributed by atoms with van der Waals surface area (Å²) in [6.07, 6.45) is 3.68. The third-order valence-electron chi connectivity index (χ3n) is 5.79. The molecule has 0 aliphatic carbocycles. The van der Waals surface area contributed by atoms with Crippen molar-refractivity contribution < 1.29 is 19.4 Å². The topological polar surface area (TPSA) is 83.9 Å². The minimum Gasteiger partial charge on any atom is -0.494 e. The highest BCUT2D eigenvalue weighted by Crippen LogP contribution is 2.40. The summed E-state index contributed by atoms with van der Waals surface area (Å²) in [5, 5.41) is 12.8. The Bertz CT molecular complexity index is 826. The summed E-state index contributed by atoms with van der Waals surface area (Å²) >= 11 is 1.51. The predicted octanol–water partition coefficient (Wildman–Crippen LogP) is 3.44. The number of benzene rings is 1. The molecule has 0 unspecified atom stereocenters. The second-order valence-corrected chi connectivity index (χ2v) is 8.48. The van der Waals surface area contributed by atoms with E-state index in [0.29, 0.717) is 30.1 Å². The van der Waals surface area contributed by atoms with Gasteiger partial charge in [-0.1, -0.05) is 17.4 Å². The van der Waals surface area contributed by atoms with E-state index in [-0.39, 0.29) is 12.6 Å². The highest BCUT2D eigenvalue weighted by Gasteiger charge is 2.25. The molecule has 2 N–H and O–H groups in total. The highest BCUT2D eigenvalue weighted by atomic mass is 32.1. The second-order valence-electron chi connectivity index (χ2n) is 7.48. The van der Waals surface area contributed by atoms with Crippen LogP contribution in [-0.2, 0) is 4.74 Å². The molecule has 7 nitrogen and oxygen atoms in total. The van der Waals surface area contributed by atoms with Gasteiger partial charge in [-0.05, 0) is 49.1 Å². The Hall–Kier alpha value is -1.90. The van der Waals surface area contributed by atoms with E-state index in [9.17, 15) is 9.90 Å². The number of anilines is 1. The summed E-state index contributed by atoms with van der Waals surface area (Å²) in [5.41, 5.74) is 2.08. The van der Waals surface area contributed by atoms with E-state index in [4.69, 9.17) is 9.47 Å². The Morgan fingerprint density at radius 3 is 2.75 bits per heavy atom. The molecule has 1 aromatic heterocycles. The van der Waals surface area contributed by atoms with Crippen LogP contribution in [0.5, 0.6) is 5.75 Å². The maximum absolute atomic E-state index is 12.7. The Balaban J connectivity index is 1.55. The molecule has 0 atom stereocenters. The first-order chi connectivity index (χ1) is 13.7. The first-order valence-corrected chi connectivity index (χ1v) is 10.7. The van der Waals surface area contributed by atoms with Gasteiger partial charge >= 0.3 is 6.03 Å². The van der Waals surface area contributed by atoms with E-state index in [1.54, 1.807) is 12.0 Å². The highest BCUT2D eigenvalue weighted by molar-refractivity contribution is 7.22. The number of carbonyl (C=O) groups is 1. The third kappa shape index (κ3) is 3.94. The quantitative estimate of drug-likeness (QED) is 0.814. The predicted molar refractivity (Wildman–Crippen MR) is 109 cm³/mol. The number of ether oxygens (including phenoxy) is 2. The molecular formula is C20H27N3O4S. The van der Waals surface area contributed by atoms with Crippen LogP contribution >= 0.6 is 11.3 Å². The number of aliphatic hydroxyl groups is 1. The number of methoxy groups -OCH3 is 1. The molecule has 28 heavy (non-hydrogen) atoms. The van der Waals surface area contributed by atoms with Crippen LogP contribution in [0, 0.1) is 5.92 Å². The van der Waals surface area contributed by atoms with Crippen LogP contribution in [0.3, 0.4) is 0 Å². The molecule has 152 valence electrons. The summed E-state index contributed by atoms with van der Waals surface area (Å²) in [4.78, 5) is 19.1. The van der Waals surface area contributed by atoms with E-state index >= 15 is 0 Å². The lowest BCUT2D eigenvalue weighted by molar-refractivity contribution is 0.0856. The molecule has 0 radical (unpaired) electrons. The van der Waals surface area contributed by atoms with E-state index < -0.39 is 0 Å². The number of hydrogen-bond acceptors (Lipinski definition) is 6. The number of thiazole rings is 1. The Morgan fingerprint density at radius 1 is 1.32 bits per heavy atom. The van der Waals surface area contributed by atoms with Gasteiger partial charge in [0, 0.05) is 32.9 Å². The van der Waals surface area contributed by atoms with Gasteiger partial charge in [-0.15, -0.1) is 0 Å². The number of nitrogens with zero attached hydrogens (tertiary/aromatic N) is 2. The molecule has 4 rings (SSSR count). The van der Waals surface area contributed by atoms with Crippen molar-refractivity contribution >= 4 is 32.7 Å². The average Bonchev–Trinajstić information content (AvgIpc) is 3.17. The van der Waals surface area contributed by atoms with Crippen molar-refractivity contribution in [2.45, 2.75) is 31.6 Å². The number of aromatic nitrogens is 1. The summed E-state index contributed by atoms with van der Waals surface area (Å²) in [6.45, 7) is 3.09. The minimum absolute atomic E-state index is 0.123. The molecule has 2 aliphatic rings. The first-order valence-electron chi connectivity index (χ1n) is 9.91. The number of hydrogen-bond donors (Lipinski definition) is 2. The molecule has 0 spiro atoms. The fourth-order valence-corrected chi connectivity index (χ4v) is 5.10. The van der Waals surface area contributed by atoms with Crippen molar-refractivity contribution in [1.29, 1.82) is 0 Å². The van der Waals surface area contributed by atoms with Gasteiger partial charge in [0.2, 0.25) is 0 Å². The fraction of sp³-hybridized carbons (Fsp3) is 0.600. The Morgan fingerprint density at radius 2 is 2.07 bits per heavy atom. The second kappa shape index (κ2) is 8.63. The lowest BCUT2D eigenvalue weighted by Crippen LogP contribution is -2.41. The minimum atomic E-state index is -0.123. The van der Waals surface area contributed by atoms with Gasteiger partial charge in [-0.25, -0.2) is 9.78 Å². The number of piperidine rings is 1. The van der Waals surface area contributed by atoms with Crippen molar-refractivity contribution in [2.24, 2.45) is 5.92 Å². The van der Waals surface area contributed by atoms with E-state index in [0.717, 1.165) is 54.9 Å². The molecule has 2 fully saturated rings. The van der Waals surface area contributed by atoms with Crippen LogP contribution in [0.15, 0.2) is 12.1 Å². The van der Waals surface area contributed by atoms with Crippen LogP contribution in [0.25, 0.3) is 10.2 Å². The van der Waals surface area contributed by atoms with Gasteiger partial charge in [0.05, 0.1) is 11.8 Å². The number of fused-ring (bicyclic) bond motifs is 1. The normalized spacial score (nSPS) is 19.1. The molecule has 2 saturated heterocycles. The number of amides is 2. The van der Waals surface area contributed by atoms with Gasteiger partial charge < -0.3 is 19.5 Å². The molecule has 3 heterocycles. The van der Waals surface area contributed by atoms with Gasteiger partial charge in [-0.3, -0.25) is 5.32 Å². The maximum Gasteiger partial charge on any atom is 0.323 e. The van der Waals surface area contributed by atoms with Crippen molar-refractivity contribution in [2.75, 3.05) is 45.3 Å². The number of nitrogens with one attached hydrogen (secondary N) is 1. The van der Waals surface area contributed by atoms with Crippen LogP contribution in [-0.4, -0.2) is 61.0 Å². The van der Waals surface area contributed by atoms with E-state index in [2.05, 4.69) is 16.4 Å². The van der Waals surface area contributed by atoms with Crippen molar-refractivity contribution in [3.05, 3.63) is 17.7 Å². The molecule has 2 amide bonds. The first kappa shape index (κ1) is 19.4. The molecule has 8 heteroatoms. The average molecular weight is 406 g/mol. The largest absolute Gasteiger partial charge is 0.494 e. The standard InChI is InChI=1S/C20H27N3O4S/c1-26-16-3-2-15(14-6-10-27-11-7-14)18-17(16)21-19(28-18)22-20(25)23-8-4-13(12-24)5-9-23/h2-3,13-14,24H,4-12H2,1H3,(H,21,22,25). The van der Waals surface area contributed by atoms with Crippen LogP contribution < -0.4 is 10.1 Å². The van der Waals surface area contributed by atoms with Gasteiger partial charge in [0.15, 0.2) is 5.13 Å². The zero-order valence-electron chi connectivity index (χ0n) is 16.1. The number of aliphatic hydroxyl groups excluding tert-OH is 1. The van der Waals surface area contributed by atoms with Crippen LogP contribution in [0.1, 0.15) is 37.2 Å². The zero-order chi connectivity index (χ0) is 19.5. The van der Waals surface area contributed by atoms with Crippen molar-refractivity contribution in [1.82, 2.24) is 9.88 Å². The smallest absolute Gasteiger partial charge is 0.323 e. The molecule has 0 bridgehead atoms. The Kier molecular flexibility index (Phi) is 5.99. The third-order valence-corrected chi connectivity index (χ3v) is 6.81. The van der Waals surface area contributed by atoms with Gasteiger partial charge in [-0.2, -0.15) is 0 Å². The summed E-state index contributed by atoms with van der Waals surface area (Å²) in [7, 11) is 1.64. The number of rotatable bonds is 4. The molecule has 1 aromatic carbocycles. The maximum atomic E-state index is 12.7. The number of carbonyl (C=O) groups excluding carboxylic acids is 1. The molecule has 0 saturated carbocycles. The SMILES string of the molecule is COc1ccc(C2CCOCC2)c2sc(NC(=O)N3CCC(CO)CC3)nc12. The number of urea groups is 1. The molecular weight excluding hydrogens is 378 g/mol. The van der Waals surface area contributed by atoms with Crippen LogP contribution in [0.4, 0.5) is 9.93 Å². The van der Waals surface area contributed by atoms with E-state index in [1.807, 2.05) is 6.07 Å².